The number of benzene rings is 1. The number of para-hydroxylation sites is 1. The fourth-order valence-corrected chi connectivity index (χ4v) is 1.02. The SMILES string of the molecule is CCCCOC(=O)Nc1ccccc1F. The number of carbonyl (C=O) groups excluding carboxylic acids is 1. The molecule has 15 heavy (non-hydrogen) atoms. The first-order valence-electron chi connectivity index (χ1n) is 4.92. The summed E-state index contributed by atoms with van der Waals surface area (Å²) in [7, 11) is 0. The molecule has 3 nitrogen and oxygen atoms in total. The van der Waals surface area contributed by atoms with Crippen LogP contribution < -0.4 is 5.32 Å². The summed E-state index contributed by atoms with van der Waals surface area (Å²) in [5.41, 5.74) is 0.138. The Hall–Kier alpha value is -1.58. The molecule has 0 unspecified atom stereocenters. The molecule has 1 amide bonds. The smallest absolute Gasteiger partial charge is 0.411 e. The number of hydrogen-bond donors (Lipinski definition) is 1. The van der Waals surface area contributed by atoms with Gasteiger partial charge in [-0.05, 0) is 18.6 Å². The molecule has 0 radical (unpaired) electrons. The number of anilines is 1. The molecule has 0 saturated carbocycles. The summed E-state index contributed by atoms with van der Waals surface area (Å²) < 4.78 is 17.9. The Morgan fingerprint density at radius 3 is 2.87 bits per heavy atom. The minimum absolute atomic E-state index is 0.138. The van der Waals surface area contributed by atoms with Crippen molar-refractivity contribution in [2.45, 2.75) is 19.8 Å². The lowest BCUT2D eigenvalue weighted by Gasteiger charge is -2.06. The molecule has 0 aliphatic rings. The van der Waals surface area contributed by atoms with E-state index in [1.165, 1.54) is 12.1 Å². The van der Waals surface area contributed by atoms with Crippen LogP contribution in [0, 0.1) is 5.82 Å². The molecule has 0 spiro atoms. The minimum Gasteiger partial charge on any atom is -0.449 e. The number of amides is 1. The summed E-state index contributed by atoms with van der Waals surface area (Å²) in [6.07, 6.45) is 1.14. The van der Waals surface area contributed by atoms with Gasteiger partial charge in [-0.1, -0.05) is 25.5 Å². The van der Waals surface area contributed by atoms with E-state index >= 15 is 0 Å². The topological polar surface area (TPSA) is 38.3 Å². The van der Waals surface area contributed by atoms with Gasteiger partial charge in [0.1, 0.15) is 5.82 Å². The first kappa shape index (κ1) is 11.5. The molecule has 1 rings (SSSR count). The fraction of sp³-hybridized carbons (Fsp3) is 0.364. The summed E-state index contributed by atoms with van der Waals surface area (Å²) in [5.74, 6) is -0.468. The second-order valence-corrected chi connectivity index (χ2v) is 3.09. The maximum absolute atomic E-state index is 13.1. The standard InChI is InChI=1S/C11H14FNO2/c1-2-3-8-15-11(14)13-10-7-5-4-6-9(10)12/h4-7H,2-3,8H2,1H3,(H,13,14). The predicted molar refractivity (Wildman–Crippen MR) is 56.3 cm³/mol. The van der Waals surface area contributed by atoms with E-state index in [9.17, 15) is 9.18 Å². The Kier molecular flexibility index (Phi) is 4.60. The van der Waals surface area contributed by atoms with Crippen molar-refractivity contribution >= 4 is 11.8 Å². The van der Waals surface area contributed by atoms with Crippen LogP contribution in [-0.4, -0.2) is 12.7 Å². The van der Waals surface area contributed by atoms with Crippen molar-refractivity contribution in [2.75, 3.05) is 11.9 Å². The predicted octanol–water partition coefficient (Wildman–Crippen LogP) is 3.17. The largest absolute Gasteiger partial charge is 0.449 e. The third-order valence-electron chi connectivity index (χ3n) is 1.84. The van der Waals surface area contributed by atoms with Gasteiger partial charge in [0.05, 0.1) is 12.3 Å². The molecule has 0 heterocycles. The maximum Gasteiger partial charge on any atom is 0.411 e. The van der Waals surface area contributed by atoms with Crippen molar-refractivity contribution in [2.24, 2.45) is 0 Å². The molecule has 0 saturated heterocycles. The lowest BCUT2D eigenvalue weighted by molar-refractivity contribution is 0.160. The second-order valence-electron chi connectivity index (χ2n) is 3.09. The van der Waals surface area contributed by atoms with Gasteiger partial charge >= 0.3 is 6.09 Å². The first-order valence-corrected chi connectivity index (χ1v) is 4.92. The zero-order valence-corrected chi connectivity index (χ0v) is 8.63. The van der Waals surface area contributed by atoms with Gasteiger partial charge < -0.3 is 4.74 Å². The number of hydrogen-bond acceptors (Lipinski definition) is 2. The highest BCUT2D eigenvalue weighted by molar-refractivity contribution is 5.84. The Labute approximate surface area is 88.2 Å². The lowest BCUT2D eigenvalue weighted by Crippen LogP contribution is -2.15. The molecule has 1 N–H and O–H groups in total. The van der Waals surface area contributed by atoms with Crippen LogP contribution in [0.3, 0.4) is 0 Å². The average Bonchev–Trinajstić information content (AvgIpc) is 2.22. The Balaban J connectivity index is 2.41. The van der Waals surface area contributed by atoms with Gasteiger partial charge in [0.15, 0.2) is 0 Å². The van der Waals surface area contributed by atoms with Crippen molar-refractivity contribution in [3.63, 3.8) is 0 Å². The quantitative estimate of drug-likeness (QED) is 0.777. The highest BCUT2D eigenvalue weighted by Crippen LogP contribution is 2.12. The van der Waals surface area contributed by atoms with Crippen molar-refractivity contribution < 1.29 is 13.9 Å². The summed E-state index contributed by atoms with van der Waals surface area (Å²) in [5, 5.41) is 2.33. The summed E-state index contributed by atoms with van der Waals surface area (Å²) in [6.45, 7) is 2.36. The van der Waals surface area contributed by atoms with E-state index in [0.717, 1.165) is 12.8 Å². The van der Waals surface area contributed by atoms with Gasteiger partial charge in [0.25, 0.3) is 0 Å². The van der Waals surface area contributed by atoms with Crippen LogP contribution in [0.25, 0.3) is 0 Å². The average molecular weight is 211 g/mol. The van der Waals surface area contributed by atoms with E-state index in [2.05, 4.69) is 5.32 Å². The van der Waals surface area contributed by atoms with Gasteiger partial charge in [0.2, 0.25) is 0 Å². The Morgan fingerprint density at radius 2 is 2.20 bits per heavy atom. The van der Waals surface area contributed by atoms with Crippen molar-refractivity contribution in [3.05, 3.63) is 30.1 Å². The molecule has 4 heteroatoms. The molecule has 0 aliphatic carbocycles. The number of rotatable bonds is 4. The molecule has 0 atom stereocenters. The molecule has 82 valence electrons. The number of nitrogens with one attached hydrogen (secondary N) is 1. The monoisotopic (exact) mass is 211 g/mol. The van der Waals surface area contributed by atoms with E-state index < -0.39 is 11.9 Å². The van der Waals surface area contributed by atoms with Crippen LogP contribution in [0.2, 0.25) is 0 Å². The van der Waals surface area contributed by atoms with E-state index in [4.69, 9.17) is 4.74 Å². The minimum atomic E-state index is -0.617. The van der Waals surface area contributed by atoms with Gasteiger partial charge in [-0.3, -0.25) is 5.32 Å². The first-order chi connectivity index (χ1) is 7.24. The summed E-state index contributed by atoms with van der Waals surface area (Å²) >= 11 is 0. The Morgan fingerprint density at radius 1 is 1.47 bits per heavy atom. The third kappa shape index (κ3) is 3.97. The second kappa shape index (κ2) is 6.01. The van der Waals surface area contributed by atoms with Crippen LogP contribution in [0.1, 0.15) is 19.8 Å². The number of halogens is 1. The van der Waals surface area contributed by atoms with Crippen molar-refractivity contribution in [3.8, 4) is 0 Å². The summed E-state index contributed by atoms with van der Waals surface area (Å²) in [4.78, 5) is 11.1. The van der Waals surface area contributed by atoms with Crippen LogP contribution in [-0.2, 0) is 4.74 Å². The summed E-state index contributed by atoms with van der Waals surface area (Å²) in [6, 6.07) is 5.96. The zero-order chi connectivity index (χ0) is 11.1. The van der Waals surface area contributed by atoms with Gasteiger partial charge in [-0.25, -0.2) is 9.18 Å². The molecular weight excluding hydrogens is 197 g/mol. The number of unbranched alkanes of at least 4 members (excludes halogenated alkanes) is 1. The lowest BCUT2D eigenvalue weighted by atomic mass is 10.3. The molecule has 0 fully saturated rings. The molecule has 0 aromatic heterocycles. The van der Waals surface area contributed by atoms with E-state index in [-0.39, 0.29) is 5.69 Å². The molecule has 1 aromatic carbocycles. The van der Waals surface area contributed by atoms with Crippen molar-refractivity contribution in [1.29, 1.82) is 0 Å². The third-order valence-corrected chi connectivity index (χ3v) is 1.84. The molecular formula is C11H14FNO2. The number of ether oxygens (including phenoxy) is 1. The maximum atomic E-state index is 13.1. The highest BCUT2D eigenvalue weighted by Gasteiger charge is 2.05. The number of carbonyl (C=O) groups is 1. The normalized spacial score (nSPS) is 9.73. The van der Waals surface area contributed by atoms with Gasteiger partial charge in [-0.2, -0.15) is 0 Å². The van der Waals surface area contributed by atoms with Gasteiger partial charge in [-0.15, -0.1) is 0 Å². The van der Waals surface area contributed by atoms with Crippen LogP contribution in [0.5, 0.6) is 0 Å². The fourth-order valence-electron chi connectivity index (χ4n) is 1.02. The van der Waals surface area contributed by atoms with Crippen LogP contribution in [0.4, 0.5) is 14.9 Å². The van der Waals surface area contributed by atoms with E-state index in [0.29, 0.717) is 6.61 Å². The Bertz CT molecular complexity index is 328. The zero-order valence-electron chi connectivity index (χ0n) is 8.63. The van der Waals surface area contributed by atoms with Gasteiger partial charge in [0, 0.05) is 0 Å². The van der Waals surface area contributed by atoms with Crippen molar-refractivity contribution in [1.82, 2.24) is 0 Å². The van der Waals surface area contributed by atoms with Crippen LogP contribution >= 0.6 is 0 Å². The molecule has 1 aromatic rings. The molecule has 0 bridgehead atoms. The highest BCUT2D eigenvalue weighted by atomic mass is 19.1. The van der Waals surface area contributed by atoms with E-state index in [1.54, 1.807) is 12.1 Å². The van der Waals surface area contributed by atoms with E-state index in [1.807, 2.05) is 6.92 Å². The molecule has 0 aliphatic heterocycles. The van der Waals surface area contributed by atoms with Crippen LogP contribution in [0.15, 0.2) is 24.3 Å².